The molecule has 2 aliphatic heterocycles. The maximum atomic E-state index is 12.5. The Hall–Kier alpha value is -1.67. The second-order valence-electron chi connectivity index (χ2n) is 7.12. The van der Waals surface area contributed by atoms with Gasteiger partial charge in [-0.1, -0.05) is 0 Å². The van der Waals surface area contributed by atoms with E-state index in [0.29, 0.717) is 26.1 Å². The van der Waals surface area contributed by atoms with Crippen molar-refractivity contribution in [3.63, 3.8) is 0 Å². The number of nitrogens with one attached hydrogen (secondary N) is 2. The maximum absolute atomic E-state index is 12.5. The highest BCUT2D eigenvalue weighted by Gasteiger charge is 2.43. The van der Waals surface area contributed by atoms with Crippen molar-refractivity contribution in [1.29, 1.82) is 0 Å². The summed E-state index contributed by atoms with van der Waals surface area (Å²) < 4.78 is 0. The summed E-state index contributed by atoms with van der Waals surface area (Å²) in [6.07, 6.45) is 2.30. The average molecular weight is 351 g/mol. The Morgan fingerprint density at radius 3 is 2.92 bits per heavy atom. The third-order valence-electron chi connectivity index (χ3n) is 4.51. The summed E-state index contributed by atoms with van der Waals surface area (Å²) in [7, 11) is 0. The minimum absolute atomic E-state index is 0.0418. The fourth-order valence-electron chi connectivity index (χ4n) is 3.49. The van der Waals surface area contributed by atoms with E-state index in [1.807, 2.05) is 30.3 Å². The predicted molar refractivity (Wildman–Crippen MR) is 92.7 cm³/mol. The number of thiazole rings is 1. The van der Waals surface area contributed by atoms with E-state index >= 15 is 0 Å². The minimum atomic E-state index is -0.209. The predicted octanol–water partition coefficient (Wildman–Crippen LogP) is 0.885. The highest BCUT2D eigenvalue weighted by atomic mass is 32.1. The number of aromatic nitrogens is 1. The molecule has 8 heteroatoms. The number of rotatable bonds is 3. The fraction of sp³-hybridized carbons (Fsp3) is 0.688. The second-order valence-corrected chi connectivity index (χ2v) is 8.09. The molecular weight excluding hydrogens is 326 g/mol. The van der Waals surface area contributed by atoms with Crippen LogP contribution in [0.1, 0.15) is 25.3 Å². The van der Waals surface area contributed by atoms with E-state index in [0.717, 1.165) is 24.6 Å². The average Bonchev–Trinajstić information content (AvgIpc) is 3.08. The van der Waals surface area contributed by atoms with Gasteiger partial charge in [0.2, 0.25) is 5.91 Å². The van der Waals surface area contributed by atoms with Gasteiger partial charge in [-0.15, -0.1) is 11.3 Å². The number of nitrogens with zero attached hydrogens (tertiary/aromatic N) is 3. The zero-order valence-electron chi connectivity index (χ0n) is 14.2. The smallest absolute Gasteiger partial charge is 0.317 e. The molecule has 132 valence electrons. The highest BCUT2D eigenvalue weighted by molar-refractivity contribution is 7.09. The molecule has 3 rings (SSSR count). The van der Waals surface area contributed by atoms with E-state index in [4.69, 9.17) is 0 Å². The molecule has 0 bridgehead atoms. The number of hydrogen-bond acceptors (Lipinski definition) is 5. The minimum Gasteiger partial charge on any atom is -0.355 e. The van der Waals surface area contributed by atoms with Gasteiger partial charge in [0.05, 0.1) is 6.54 Å². The van der Waals surface area contributed by atoms with Crippen molar-refractivity contribution in [2.75, 3.05) is 32.7 Å². The summed E-state index contributed by atoms with van der Waals surface area (Å²) in [6.45, 7) is 8.19. The molecule has 1 aromatic rings. The molecule has 0 aliphatic carbocycles. The van der Waals surface area contributed by atoms with Gasteiger partial charge in [0.1, 0.15) is 5.01 Å². The van der Waals surface area contributed by atoms with Crippen LogP contribution < -0.4 is 10.6 Å². The molecule has 2 aliphatic rings. The molecule has 1 unspecified atom stereocenters. The molecule has 1 atom stereocenters. The molecular formula is C16H25N5O2S. The van der Waals surface area contributed by atoms with Crippen LogP contribution >= 0.6 is 11.3 Å². The fourth-order valence-corrected chi connectivity index (χ4v) is 4.15. The number of hydrogen-bond donors (Lipinski definition) is 2. The van der Waals surface area contributed by atoms with Crippen LogP contribution in [-0.2, 0) is 11.3 Å². The lowest BCUT2D eigenvalue weighted by atomic mass is 9.86. The Balaban J connectivity index is 1.75. The van der Waals surface area contributed by atoms with Crippen molar-refractivity contribution in [1.82, 2.24) is 25.4 Å². The van der Waals surface area contributed by atoms with Gasteiger partial charge < -0.3 is 15.5 Å². The second kappa shape index (κ2) is 7.06. The quantitative estimate of drug-likeness (QED) is 0.848. The lowest BCUT2D eigenvalue weighted by molar-refractivity contribution is -0.119. The lowest BCUT2D eigenvalue weighted by Crippen LogP contribution is -2.48. The summed E-state index contributed by atoms with van der Waals surface area (Å²) in [5.41, 5.74) is -0.209. The molecule has 3 heterocycles. The van der Waals surface area contributed by atoms with Crippen LogP contribution in [0.3, 0.4) is 0 Å². The molecule has 7 nitrogen and oxygen atoms in total. The third kappa shape index (κ3) is 4.05. The number of carbonyl (C=O) groups is 2. The van der Waals surface area contributed by atoms with Gasteiger partial charge in [0, 0.05) is 62.2 Å². The third-order valence-corrected chi connectivity index (χ3v) is 5.27. The maximum Gasteiger partial charge on any atom is 0.317 e. The Bertz CT molecular complexity index is 591. The van der Waals surface area contributed by atoms with Crippen LogP contribution in [-0.4, -0.2) is 65.5 Å². The van der Waals surface area contributed by atoms with Crippen molar-refractivity contribution in [3.8, 4) is 0 Å². The first-order valence-corrected chi connectivity index (χ1v) is 9.27. The normalized spacial score (nSPS) is 25.1. The van der Waals surface area contributed by atoms with Gasteiger partial charge >= 0.3 is 6.03 Å². The van der Waals surface area contributed by atoms with Crippen molar-refractivity contribution < 1.29 is 9.59 Å². The first-order valence-electron chi connectivity index (χ1n) is 8.39. The molecule has 24 heavy (non-hydrogen) atoms. The SMILES string of the molecule is CC(C)NC(=O)N1CCN(Cc2nccs2)CC2(CNC(=O)C2)C1. The van der Waals surface area contributed by atoms with Crippen LogP contribution in [0.2, 0.25) is 0 Å². The highest BCUT2D eigenvalue weighted by Crippen LogP contribution is 2.31. The molecule has 0 aromatic carbocycles. The van der Waals surface area contributed by atoms with Crippen LogP contribution in [0.4, 0.5) is 4.79 Å². The van der Waals surface area contributed by atoms with Crippen molar-refractivity contribution in [2.45, 2.75) is 32.9 Å². The lowest BCUT2D eigenvalue weighted by Gasteiger charge is -2.32. The van der Waals surface area contributed by atoms with E-state index in [1.54, 1.807) is 11.3 Å². The largest absolute Gasteiger partial charge is 0.355 e. The van der Waals surface area contributed by atoms with Crippen LogP contribution in [0.15, 0.2) is 11.6 Å². The number of urea groups is 1. The Labute approximate surface area is 146 Å². The van der Waals surface area contributed by atoms with Crippen LogP contribution in [0.25, 0.3) is 0 Å². The standard InChI is InChI=1S/C16H25N5O2S/c1-12(2)19-15(23)21-5-4-20(8-14-17-3-6-24-14)10-16(11-21)7-13(22)18-9-16/h3,6,12H,4-5,7-11H2,1-2H3,(H,18,22)(H,19,23). The van der Waals surface area contributed by atoms with E-state index in [2.05, 4.69) is 20.5 Å². The summed E-state index contributed by atoms with van der Waals surface area (Å²) >= 11 is 1.64. The summed E-state index contributed by atoms with van der Waals surface area (Å²) in [4.78, 5) is 32.9. The first kappa shape index (κ1) is 17.2. The van der Waals surface area contributed by atoms with E-state index in [1.165, 1.54) is 0 Å². The molecule has 0 radical (unpaired) electrons. The summed E-state index contributed by atoms with van der Waals surface area (Å²) in [6, 6.07) is 0.0614. The van der Waals surface area contributed by atoms with Gasteiger partial charge in [-0.05, 0) is 13.8 Å². The Morgan fingerprint density at radius 1 is 1.46 bits per heavy atom. The number of amides is 3. The molecule has 2 saturated heterocycles. The van der Waals surface area contributed by atoms with Gasteiger partial charge in [-0.3, -0.25) is 9.69 Å². The molecule has 2 N–H and O–H groups in total. The molecule has 1 aromatic heterocycles. The molecule has 2 fully saturated rings. The summed E-state index contributed by atoms with van der Waals surface area (Å²) in [5, 5.41) is 8.97. The van der Waals surface area contributed by atoms with Gasteiger partial charge in [0.15, 0.2) is 0 Å². The first-order chi connectivity index (χ1) is 11.5. The van der Waals surface area contributed by atoms with E-state index in [9.17, 15) is 9.59 Å². The van der Waals surface area contributed by atoms with Crippen molar-refractivity contribution >= 4 is 23.3 Å². The zero-order valence-corrected chi connectivity index (χ0v) is 15.1. The van der Waals surface area contributed by atoms with E-state index < -0.39 is 0 Å². The van der Waals surface area contributed by atoms with Crippen molar-refractivity contribution in [2.24, 2.45) is 5.41 Å². The van der Waals surface area contributed by atoms with Crippen molar-refractivity contribution in [3.05, 3.63) is 16.6 Å². The van der Waals surface area contributed by atoms with Crippen LogP contribution in [0.5, 0.6) is 0 Å². The molecule has 1 spiro atoms. The molecule has 0 saturated carbocycles. The summed E-state index contributed by atoms with van der Waals surface area (Å²) in [5.74, 6) is 0.0790. The van der Waals surface area contributed by atoms with Gasteiger partial charge in [-0.2, -0.15) is 0 Å². The zero-order chi connectivity index (χ0) is 17.2. The topological polar surface area (TPSA) is 77.6 Å². The van der Waals surface area contributed by atoms with Gasteiger partial charge in [0.25, 0.3) is 0 Å². The molecule has 3 amide bonds. The van der Waals surface area contributed by atoms with E-state index in [-0.39, 0.29) is 23.4 Å². The Morgan fingerprint density at radius 2 is 2.29 bits per heavy atom. The van der Waals surface area contributed by atoms with Crippen LogP contribution in [0, 0.1) is 5.41 Å². The number of carbonyl (C=O) groups excluding carboxylic acids is 2. The van der Waals surface area contributed by atoms with Gasteiger partial charge in [-0.25, -0.2) is 9.78 Å². The monoisotopic (exact) mass is 351 g/mol. The Kier molecular flexibility index (Phi) is 5.05.